The quantitative estimate of drug-likeness (QED) is 0.466. The van der Waals surface area contributed by atoms with Gasteiger partial charge in [0.1, 0.15) is 6.10 Å². The molecule has 6 heteroatoms. The molecular weight excluding hydrogens is 391 g/mol. The average molecular weight is 416 g/mol. The highest BCUT2D eigenvalue weighted by molar-refractivity contribution is 14.0. The Kier molecular flexibility index (Phi) is 6.28. The third-order valence-electron chi connectivity index (χ3n) is 4.10. The lowest BCUT2D eigenvalue weighted by atomic mass is 10.3. The van der Waals surface area contributed by atoms with Crippen LogP contribution in [0.15, 0.2) is 29.4 Å². The molecule has 1 aromatic rings. The first kappa shape index (κ1) is 17.3. The van der Waals surface area contributed by atoms with E-state index in [9.17, 15) is 0 Å². The molecule has 1 aliphatic heterocycles. The number of nitrogens with one attached hydrogen (secondary N) is 1. The predicted molar refractivity (Wildman–Crippen MR) is 98.9 cm³/mol. The van der Waals surface area contributed by atoms with Crippen LogP contribution in [0.5, 0.6) is 5.88 Å². The van der Waals surface area contributed by atoms with E-state index in [-0.39, 0.29) is 30.1 Å². The molecule has 3 rings (SSSR count). The average Bonchev–Trinajstić information content (AvgIpc) is 2.99. The minimum absolute atomic E-state index is 0. The Morgan fingerprint density at radius 2 is 2.32 bits per heavy atom. The van der Waals surface area contributed by atoms with Crippen LogP contribution in [0.2, 0.25) is 0 Å². The third-order valence-corrected chi connectivity index (χ3v) is 4.10. The molecule has 22 heavy (non-hydrogen) atoms. The number of likely N-dealkylation sites (tertiary alicyclic amines) is 1. The SMILES string of the molecule is CCN=C(NC1CC1C)N1CCC(Oc2ccccn2)C1.I. The van der Waals surface area contributed by atoms with Gasteiger partial charge in [-0.3, -0.25) is 4.99 Å². The summed E-state index contributed by atoms with van der Waals surface area (Å²) in [5, 5.41) is 3.57. The number of aromatic nitrogens is 1. The highest BCUT2D eigenvalue weighted by Gasteiger charge is 2.35. The Bertz CT molecular complexity index is 496. The molecule has 0 spiro atoms. The summed E-state index contributed by atoms with van der Waals surface area (Å²) in [4.78, 5) is 11.2. The Balaban J connectivity index is 0.00000176. The first-order valence-corrected chi connectivity index (χ1v) is 7.90. The number of aliphatic imine (C=N–C) groups is 1. The number of ether oxygens (including phenoxy) is 1. The molecule has 2 heterocycles. The highest BCUT2D eigenvalue weighted by atomic mass is 127. The Morgan fingerprint density at radius 3 is 2.95 bits per heavy atom. The van der Waals surface area contributed by atoms with Crippen LogP contribution < -0.4 is 10.1 Å². The first-order valence-electron chi connectivity index (χ1n) is 7.90. The van der Waals surface area contributed by atoms with Crippen LogP contribution in [0, 0.1) is 5.92 Å². The summed E-state index contributed by atoms with van der Waals surface area (Å²) in [7, 11) is 0. The lowest BCUT2D eigenvalue weighted by Gasteiger charge is -2.22. The summed E-state index contributed by atoms with van der Waals surface area (Å²) in [6.07, 6.45) is 4.23. The number of pyridine rings is 1. The minimum Gasteiger partial charge on any atom is -0.472 e. The van der Waals surface area contributed by atoms with E-state index in [1.165, 1.54) is 6.42 Å². The zero-order valence-corrected chi connectivity index (χ0v) is 15.6. The Labute approximate surface area is 149 Å². The van der Waals surface area contributed by atoms with Crippen molar-refractivity contribution in [1.29, 1.82) is 0 Å². The van der Waals surface area contributed by atoms with Gasteiger partial charge in [-0.05, 0) is 25.3 Å². The number of hydrogen-bond donors (Lipinski definition) is 1. The van der Waals surface area contributed by atoms with E-state index in [1.807, 2.05) is 18.2 Å². The van der Waals surface area contributed by atoms with Crippen molar-refractivity contribution in [2.24, 2.45) is 10.9 Å². The second-order valence-corrected chi connectivity index (χ2v) is 5.90. The third kappa shape index (κ3) is 4.47. The molecule has 3 unspecified atom stereocenters. The van der Waals surface area contributed by atoms with Crippen molar-refractivity contribution < 1.29 is 4.74 Å². The van der Waals surface area contributed by atoms with Gasteiger partial charge in [0, 0.05) is 37.8 Å². The number of rotatable bonds is 4. The smallest absolute Gasteiger partial charge is 0.213 e. The van der Waals surface area contributed by atoms with Crippen molar-refractivity contribution in [2.75, 3.05) is 19.6 Å². The molecule has 0 aromatic carbocycles. The van der Waals surface area contributed by atoms with Crippen LogP contribution in [0.3, 0.4) is 0 Å². The Hall–Kier alpha value is -1.05. The summed E-state index contributed by atoms with van der Waals surface area (Å²) in [6.45, 7) is 7.04. The zero-order chi connectivity index (χ0) is 14.7. The summed E-state index contributed by atoms with van der Waals surface area (Å²) in [5.74, 6) is 2.52. The normalized spacial score (nSPS) is 27.3. The maximum Gasteiger partial charge on any atom is 0.213 e. The maximum atomic E-state index is 5.94. The van der Waals surface area contributed by atoms with Crippen molar-refractivity contribution in [2.45, 2.75) is 38.8 Å². The van der Waals surface area contributed by atoms with Crippen LogP contribution in [-0.4, -0.2) is 47.6 Å². The highest BCUT2D eigenvalue weighted by Crippen LogP contribution is 2.29. The molecule has 122 valence electrons. The summed E-state index contributed by atoms with van der Waals surface area (Å²) in [5.41, 5.74) is 0. The van der Waals surface area contributed by atoms with E-state index in [0.717, 1.165) is 37.9 Å². The first-order chi connectivity index (χ1) is 10.3. The van der Waals surface area contributed by atoms with Crippen molar-refractivity contribution in [3.05, 3.63) is 24.4 Å². The van der Waals surface area contributed by atoms with E-state index in [1.54, 1.807) is 6.20 Å². The standard InChI is InChI=1S/C16H24N4O.HI/c1-3-17-16(19-14-10-12(14)2)20-9-7-13(11-20)21-15-6-4-5-8-18-15;/h4-6,8,12-14H,3,7,9-11H2,1-2H3,(H,17,19);1H. The van der Waals surface area contributed by atoms with E-state index in [2.05, 4.69) is 34.0 Å². The molecule has 1 saturated carbocycles. The predicted octanol–water partition coefficient (Wildman–Crippen LogP) is 2.53. The summed E-state index contributed by atoms with van der Waals surface area (Å²) < 4.78 is 5.94. The van der Waals surface area contributed by atoms with E-state index in [4.69, 9.17) is 4.74 Å². The van der Waals surface area contributed by atoms with Gasteiger partial charge in [0.15, 0.2) is 5.96 Å². The molecule has 1 N–H and O–H groups in total. The van der Waals surface area contributed by atoms with E-state index >= 15 is 0 Å². The van der Waals surface area contributed by atoms with Crippen molar-refractivity contribution in [1.82, 2.24) is 15.2 Å². The van der Waals surface area contributed by atoms with Crippen LogP contribution in [-0.2, 0) is 0 Å². The fourth-order valence-corrected chi connectivity index (χ4v) is 2.68. The number of nitrogens with zero attached hydrogens (tertiary/aromatic N) is 3. The summed E-state index contributed by atoms with van der Waals surface area (Å²) in [6, 6.07) is 6.37. The number of guanidine groups is 1. The van der Waals surface area contributed by atoms with E-state index < -0.39 is 0 Å². The van der Waals surface area contributed by atoms with Crippen LogP contribution >= 0.6 is 24.0 Å². The van der Waals surface area contributed by atoms with Gasteiger partial charge in [0.25, 0.3) is 0 Å². The van der Waals surface area contributed by atoms with Gasteiger partial charge in [0.05, 0.1) is 6.54 Å². The molecule has 1 saturated heterocycles. The molecule has 3 atom stereocenters. The Morgan fingerprint density at radius 1 is 1.50 bits per heavy atom. The van der Waals surface area contributed by atoms with Crippen molar-refractivity contribution in [3.63, 3.8) is 0 Å². The molecule has 1 aliphatic carbocycles. The minimum atomic E-state index is 0. The molecule has 0 bridgehead atoms. The molecule has 2 aliphatic rings. The number of halogens is 1. The molecule has 1 aromatic heterocycles. The van der Waals surface area contributed by atoms with Crippen molar-refractivity contribution in [3.8, 4) is 5.88 Å². The van der Waals surface area contributed by atoms with Gasteiger partial charge in [-0.25, -0.2) is 4.98 Å². The molecule has 0 amide bonds. The molecule has 0 radical (unpaired) electrons. The summed E-state index contributed by atoms with van der Waals surface area (Å²) >= 11 is 0. The second kappa shape index (κ2) is 7.99. The molecular formula is C16H25IN4O. The van der Waals surface area contributed by atoms with Crippen molar-refractivity contribution >= 4 is 29.9 Å². The number of hydrogen-bond acceptors (Lipinski definition) is 3. The van der Waals surface area contributed by atoms with Crippen LogP contribution in [0.1, 0.15) is 26.7 Å². The molecule has 2 fully saturated rings. The van der Waals surface area contributed by atoms with Gasteiger partial charge in [-0.2, -0.15) is 0 Å². The maximum absolute atomic E-state index is 5.94. The molecule has 5 nitrogen and oxygen atoms in total. The largest absolute Gasteiger partial charge is 0.472 e. The lowest BCUT2D eigenvalue weighted by Crippen LogP contribution is -2.42. The van der Waals surface area contributed by atoms with Gasteiger partial charge < -0.3 is 15.0 Å². The fraction of sp³-hybridized carbons (Fsp3) is 0.625. The van der Waals surface area contributed by atoms with E-state index in [0.29, 0.717) is 11.9 Å². The topological polar surface area (TPSA) is 49.8 Å². The van der Waals surface area contributed by atoms with Gasteiger partial charge in [0.2, 0.25) is 5.88 Å². The monoisotopic (exact) mass is 416 g/mol. The van der Waals surface area contributed by atoms with Crippen LogP contribution in [0.25, 0.3) is 0 Å². The second-order valence-electron chi connectivity index (χ2n) is 5.90. The van der Waals surface area contributed by atoms with Gasteiger partial charge in [-0.1, -0.05) is 13.0 Å². The van der Waals surface area contributed by atoms with Gasteiger partial charge >= 0.3 is 0 Å². The van der Waals surface area contributed by atoms with Crippen LogP contribution in [0.4, 0.5) is 0 Å². The van der Waals surface area contributed by atoms with Gasteiger partial charge in [-0.15, -0.1) is 24.0 Å². The zero-order valence-electron chi connectivity index (χ0n) is 13.2. The lowest BCUT2D eigenvalue weighted by molar-refractivity contribution is 0.205. The fourth-order valence-electron chi connectivity index (χ4n) is 2.68.